The minimum absolute atomic E-state index is 0.165. The van der Waals surface area contributed by atoms with Crippen LogP contribution in [-0.4, -0.2) is 52.9 Å². The molecule has 0 radical (unpaired) electrons. The number of methoxy groups -OCH3 is 2. The van der Waals surface area contributed by atoms with Crippen LogP contribution < -0.4 is 4.74 Å². The van der Waals surface area contributed by atoms with Crippen molar-refractivity contribution in [3.8, 4) is 5.75 Å². The smallest absolute Gasteiger partial charge is 0.223 e. The molecule has 7 heteroatoms. The molecule has 2 aromatic rings. The maximum absolute atomic E-state index is 12.3. The summed E-state index contributed by atoms with van der Waals surface area (Å²) in [5.41, 5.74) is 1.06. The molecule has 1 aliphatic rings. The highest BCUT2D eigenvalue weighted by atomic mass is 16.5. The number of likely N-dealkylation sites (tertiary alicyclic amines) is 1. The van der Waals surface area contributed by atoms with E-state index in [9.17, 15) is 4.79 Å². The van der Waals surface area contributed by atoms with E-state index >= 15 is 0 Å². The zero-order chi connectivity index (χ0) is 16.9. The third kappa shape index (κ3) is 3.41. The van der Waals surface area contributed by atoms with Gasteiger partial charge in [-0.05, 0) is 18.1 Å². The van der Waals surface area contributed by atoms with Gasteiger partial charge in [0, 0.05) is 26.6 Å². The largest absolute Gasteiger partial charge is 0.496 e. The Morgan fingerprint density at radius 3 is 2.83 bits per heavy atom. The molecule has 0 bridgehead atoms. The lowest BCUT2D eigenvalue weighted by molar-refractivity contribution is -0.137. The maximum atomic E-state index is 12.3. The molecular formula is C17H22N4O3. The van der Waals surface area contributed by atoms with E-state index in [-0.39, 0.29) is 11.9 Å². The van der Waals surface area contributed by atoms with E-state index in [0.29, 0.717) is 32.5 Å². The summed E-state index contributed by atoms with van der Waals surface area (Å²) in [7, 11) is 3.28. The van der Waals surface area contributed by atoms with Gasteiger partial charge in [0.25, 0.3) is 0 Å². The van der Waals surface area contributed by atoms with E-state index < -0.39 is 0 Å². The number of ether oxygens (including phenoxy) is 2. The van der Waals surface area contributed by atoms with Gasteiger partial charge in [-0.15, -0.1) is 10.2 Å². The van der Waals surface area contributed by atoms with Gasteiger partial charge in [0.15, 0.2) is 5.82 Å². The Hall–Kier alpha value is -2.41. The number of para-hydroxylation sites is 1. The number of nitrogens with zero attached hydrogens (tertiary/aromatic N) is 4. The molecule has 1 amide bonds. The van der Waals surface area contributed by atoms with Gasteiger partial charge >= 0.3 is 0 Å². The van der Waals surface area contributed by atoms with Crippen molar-refractivity contribution >= 4 is 5.91 Å². The predicted molar refractivity (Wildman–Crippen MR) is 87.7 cm³/mol. The van der Waals surface area contributed by atoms with Crippen molar-refractivity contribution in [1.82, 2.24) is 19.7 Å². The number of rotatable bonds is 7. The molecule has 128 valence electrons. The molecule has 0 atom stereocenters. The first-order valence-electron chi connectivity index (χ1n) is 8.00. The lowest BCUT2D eigenvalue weighted by atomic mass is 10.0. The van der Waals surface area contributed by atoms with Gasteiger partial charge in [-0.1, -0.05) is 18.2 Å². The third-order valence-electron chi connectivity index (χ3n) is 4.33. The summed E-state index contributed by atoms with van der Waals surface area (Å²) in [6, 6.07) is 8.05. The Balaban J connectivity index is 1.51. The number of amides is 1. The quantitative estimate of drug-likeness (QED) is 0.768. The van der Waals surface area contributed by atoms with Crippen LogP contribution in [0.3, 0.4) is 0 Å². The van der Waals surface area contributed by atoms with Crippen molar-refractivity contribution in [3.05, 3.63) is 42.0 Å². The molecule has 1 saturated heterocycles. The molecule has 0 aliphatic carbocycles. The zero-order valence-electron chi connectivity index (χ0n) is 14.0. The van der Waals surface area contributed by atoms with Crippen molar-refractivity contribution in [2.45, 2.75) is 25.5 Å². The molecule has 1 fully saturated rings. The SMILES string of the molecule is COCc1nncn1C1CN(C(=O)CCc2ccccc2OC)C1. The second kappa shape index (κ2) is 7.44. The van der Waals surface area contributed by atoms with Crippen molar-refractivity contribution in [3.63, 3.8) is 0 Å². The summed E-state index contributed by atoms with van der Waals surface area (Å²) in [6.07, 6.45) is 2.88. The first-order chi connectivity index (χ1) is 11.7. The van der Waals surface area contributed by atoms with Crippen molar-refractivity contribution in [1.29, 1.82) is 0 Å². The molecule has 1 aromatic carbocycles. The van der Waals surface area contributed by atoms with E-state index in [1.54, 1.807) is 20.5 Å². The average molecular weight is 330 g/mol. The minimum Gasteiger partial charge on any atom is -0.496 e. The number of hydrogen-bond donors (Lipinski definition) is 0. The van der Waals surface area contributed by atoms with Gasteiger partial charge < -0.3 is 18.9 Å². The molecule has 2 heterocycles. The van der Waals surface area contributed by atoms with Gasteiger partial charge in [0.05, 0.1) is 13.2 Å². The second-order valence-corrected chi connectivity index (χ2v) is 5.85. The summed E-state index contributed by atoms with van der Waals surface area (Å²) in [6.45, 7) is 1.82. The van der Waals surface area contributed by atoms with Crippen LogP contribution in [0.25, 0.3) is 0 Å². The normalized spacial score (nSPS) is 14.5. The van der Waals surface area contributed by atoms with E-state index in [4.69, 9.17) is 9.47 Å². The highest BCUT2D eigenvalue weighted by Crippen LogP contribution is 2.24. The average Bonchev–Trinajstić information content (AvgIpc) is 3.00. The molecule has 1 aromatic heterocycles. The summed E-state index contributed by atoms with van der Waals surface area (Å²) in [5.74, 6) is 1.79. The number of aromatic nitrogens is 3. The van der Waals surface area contributed by atoms with Gasteiger partial charge in [-0.2, -0.15) is 0 Å². The fourth-order valence-corrected chi connectivity index (χ4v) is 2.95. The topological polar surface area (TPSA) is 69.5 Å². The minimum atomic E-state index is 0.165. The summed E-state index contributed by atoms with van der Waals surface area (Å²) >= 11 is 0. The van der Waals surface area contributed by atoms with Gasteiger partial charge in [0.1, 0.15) is 18.7 Å². The zero-order valence-corrected chi connectivity index (χ0v) is 14.0. The molecule has 0 N–H and O–H groups in total. The first-order valence-corrected chi connectivity index (χ1v) is 8.00. The first kappa shape index (κ1) is 16.4. The van der Waals surface area contributed by atoms with Crippen LogP contribution in [0.2, 0.25) is 0 Å². The Bertz CT molecular complexity index is 695. The summed E-state index contributed by atoms with van der Waals surface area (Å²) in [5, 5.41) is 7.97. The fraction of sp³-hybridized carbons (Fsp3) is 0.471. The number of benzene rings is 1. The van der Waals surface area contributed by atoms with E-state index in [2.05, 4.69) is 10.2 Å². The molecule has 3 rings (SSSR count). The maximum Gasteiger partial charge on any atom is 0.223 e. The Morgan fingerprint density at radius 2 is 2.08 bits per heavy atom. The van der Waals surface area contributed by atoms with E-state index in [0.717, 1.165) is 17.1 Å². The molecular weight excluding hydrogens is 308 g/mol. The highest BCUT2D eigenvalue weighted by Gasteiger charge is 2.32. The van der Waals surface area contributed by atoms with Crippen molar-refractivity contribution in [2.24, 2.45) is 0 Å². The number of carbonyl (C=O) groups is 1. The van der Waals surface area contributed by atoms with Crippen LogP contribution >= 0.6 is 0 Å². The van der Waals surface area contributed by atoms with Crippen LogP contribution in [0.5, 0.6) is 5.75 Å². The number of aryl methyl sites for hydroxylation is 1. The molecule has 7 nitrogen and oxygen atoms in total. The number of hydrogen-bond acceptors (Lipinski definition) is 5. The summed E-state index contributed by atoms with van der Waals surface area (Å²) in [4.78, 5) is 14.2. The summed E-state index contributed by atoms with van der Waals surface area (Å²) < 4.78 is 12.4. The molecule has 0 unspecified atom stereocenters. The fourth-order valence-electron chi connectivity index (χ4n) is 2.95. The van der Waals surface area contributed by atoms with Gasteiger partial charge in [-0.3, -0.25) is 4.79 Å². The van der Waals surface area contributed by atoms with Crippen LogP contribution in [0.1, 0.15) is 23.9 Å². The van der Waals surface area contributed by atoms with Crippen LogP contribution in [0.4, 0.5) is 0 Å². The predicted octanol–water partition coefficient (Wildman–Crippen LogP) is 1.45. The Kier molecular flexibility index (Phi) is 5.10. The molecule has 1 aliphatic heterocycles. The van der Waals surface area contributed by atoms with Crippen molar-refractivity contribution < 1.29 is 14.3 Å². The van der Waals surface area contributed by atoms with Crippen LogP contribution in [0, 0.1) is 0 Å². The van der Waals surface area contributed by atoms with E-state index in [1.165, 1.54) is 0 Å². The molecule has 0 spiro atoms. The molecule has 0 saturated carbocycles. The highest BCUT2D eigenvalue weighted by molar-refractivity contribution is 5.77. The Labute approximate surface area is 141 Å². The van der Waals surface area contributed by atoms with Gasteiger partial charge in [-0.25, -0.2) is 0 Å². The third-order valence-corrected chi connectivity index (χ3v) is 4.33. The van der Waals surface area contributed by atoms with Gasteiger partial charge in [0.2, 0.25) is 5.91 Å². The molecule has 24 heavy (non-hydrogen) atoms. The Morgan fingerprint density at radius 1 is 1.29 bits per heavy atom. The van der Waals surface area contributed by atoms with Crippen LogP contribution in [0.15, 0.2) is 30.6 Å². The van der Waals surface area contributed by atoms with Crippen LogP contribution in [-0.2, 0) is 22.6 Å². The monoisotopic (exact) mass is 330 g/mol. The lowest BCUT2D eigenvalue weighted by Crippen LogP contribution is -2.51. The van der Waals surface area contributed by atoms with Crippen molar-refractivity contribution in [2.75, 3.05) is 27.3 Å². The van der Waals surface area contributed by atoms with E-state index in [1.807, 2.05) is 33.7 Å². The lowest BCUT2D eigenvalue weighted by Gasteiger charge is -2.40. The number of carbonyl (C=O) groups excluding carboxylic acids is 1. The second-order valence-electron chi connectivity index (χ2n) is 5.85. The standard InChI is InChI=1S/C17H22N4O3/c1-23-11-16-19-18-12-21(16)14-9-20(10-14)17(22)8-7-13-5-3-4-6-15(13)24-2/h3-6,12,14H,7-11H2,1-2H3.